The average molecular weight is 346 g/mol. The van der Waals surface area contributed by atoms with E-state index in [9.17, 15) is 9.59 Å². The molecule has 25 heavy (non-hydrogen) atoms. The molecule has 0 fully saturated rings. The number of aromatic nitrogens is 1. The molecule has 0 aliphatic heterocycles. The highest BCUT2D eigenvalue weighted by atomic mass is 16.5. The monoisotopic (exact) mass is 346 g/mol. The van der Waals surface area contributed by atoms with E-state index in [1.807, 2.05) is 0 Å². The summed E-state index contributed by atoms with van der Waals surface area (Å²) in [5, 5.41) is 6.09. The van der Waals surface area contributed by atoms with E-state index in [-0.39, 0.29) is 5.82 Å². The smallest absolute Gasteiger partial charge is 0.338 e. The summed E-state index contributed by atoms with van der Waals surface area (Å²) in [5.74, 6) is 1.04. The first kappa shape index (κ1) is 18.5. The molecule has 1 aromatic heterocycles. The first-order valence-corrected chi connectivity index (χ1v) is 8.07. The fourth-order valence-corrected chi connectivity index (χ4v) is 1.92. The topological polar surface area (TPSA) is 90.7 Å². The molecule has 0 atom stereocenters. The molecule has 0 bridgehead atoms. The number of amides is 1. The number of benzene rings is 1. The molecule has 7 nitrogen and oxygen atoms in total. The van der Waals surface area contributed by atoms with Gasteiger partial charge < -0.3 is 19.3 Å². The summed E-state index contributed by atoms with van der Waals surface area (Å²) in [6.45, 7) is 6.18. The first-order valence-electron chi connectivity index (χ1n) is 8.07. The van der Waals surface area contributed by atoms with Gasteiger partial charge in [-0.25, -0.2) is 4.79 Å². The SMILES string of the molecule is Cc1cc(NC(=O)COC(=O)c2ccc(OCCC(C)C)cc2)no1. The molecule has 1 heterocycles. The molecular weight excluding hydrogens is 324 g/mol. The van der Waals surface area contributed by atoms with Crippen molar-refractivity contribution in [1.29, 1.82) is 0 Å². The van der Waals surface area contributed by atoms with Crippen molar-refractivity contribution in [2.75, 3.05) is 18.5 Å². The van der Waals surface area contributed by atoms with Crippen LogP contribution in [0.25, 0.3) is 0 Å². The Kier molecular flexibility index (Phi) is 6.56. The Hall–Kier alpha value is -2.83. The van der Waals surface area contributed by atoms with Gasteiger partial charge in [-0.15, -0.1) is 0 Å². The molecule has 2 aromatic rings. The maximum Gasteiger partial charge on any atom is 0.338 e. The van der Waals surface area contributed by atoms with Crippen molar-refractivity contribution in [3.05, 3.63) is 41.7 Å². The van der Waals surface area contributed by atoms with E-state index in [2.05, 4.69) is 24.3 Å². The van der Waals surface area contributed by atoms with Crippen molar-refractivity contribution in [1.82, 2.24) is 5.16 Å². The molecule has 0 saturated carbocycles. The Bertz CT molecular complexity index is 707. The minimum Gasteiger partial charge on any atom is -0.494 e. The van der Waals surface area contributed by atoms with Gasteiger partial charge in [0.15, 0.2) is 12.4 Å². The zero-order chi connectivity index (χ0) is 18.2. The van der Waals surface area contributed by atoms with Gasteiger partial charge in [-0.2, -0.15) is 0 Å². The lowest BCUT2D eigenvalue weighted by atomic mass is 10.1. The van der Waals surface area contributed by atoms with Crippen molar-refractivity contribution >= 4 is 17.7 Å². The number of hydrogen-bond acceptors (Lipinski definition) is 6. The summed E-state index contributed by atoms with van der Waals surface area (Å²) in [7, 11) is 0. The lowest BCUT2D eigenvalue weighted by Crippen LogP contribution is -2.21. The van der Waals surface area contributed by atoms with Crippen LogP contribution in [0.15, 0.2) is 34.9 Å². The van der Waals surface area contributed by atoms with Crippen molar-refractivity contribution < 1.29 is 23.6 Å². The minimum absolute atomic E-state index is 0.279. The first-order chi connectivity index (χ1) is 11.9. The largest absolute Gasteiger partial charge is 0.494 e. The number of hydrogen-bond donors (Lipinski definition) is 1. The summed E-state index contributed by atoms with van der Waals surface area (Å²) < 4.78 is 15.4. The van der Waals surface area contributed by atoms with Crippen LogP contribution in [0.1, 0.15) is 36.4 Å². The molecule has 0 spiro atoms. The van der Waals surface area contributed by atoms with Crippen LogP contribution in [0.2, 0.25) is 0 Å². The third-order valence-electron chi connectivity index (χ3n) is 3.28. The molecule has 1 amide bonds. The Labute approximate surface area is 146 Å². The molecule has 134 valence electrons. The standard InChI is InChI=1S/C18H22N2O5/c1-12(2)8-9-23-15-6-4-14(5-7-15)18(22)24-11-17(21)19-16-10-13(3)25-20-16/h4-7,10,12H,8-9,11H2,1-3H3,(H,19,20,21). The van der Waals surface area contributed by atoms with Crippen molar-refractivity contribution in [2.24, 2.45) is 5.92 Å². The minimum atomic E-state index is -0.583. The number of rotatable bonds is 8. The number of nitrogens with zero attached hydrogens (tertiary/aromatic N) is 1. The third-order valence-corrected chi connectivity index (χ3v) is 3.28. The van der Waals surface area contributed by atoms with Gasteiger partial charge in [-0.3, -0.25) is 4.79 Å². The van der Waals surface area contributed by atoms with E-state index in [0.29, 0.717) is 29.6 Å². The van der Waals surface area contributed by atoms with Gasteiger partial charge in [-0.1, -0.05) is 19.0 Å². The zero-order valence-electron chi connectivity index (χ0n) is 14.6. The van der Waals surface area contributed by atoms with E-state index in [1.165, 1.54) is 0 Å². The summed E-state index contributed by atoms with van der Waals surface area (Å²) >= 11 is 0. The predicted molar refractivity (Wildman–Crippen MR) is 91.5 cm³/mol. The molecule has 1 N–H and O–H groups in total. The van der Waals surface area contributed by atoms with E-state index < -0.39 is 18.5 Å². The average Bonchev–Trinajstić information content (AvgIpc) is 2.98. The second-order valence-corrected chi connectivity index (χ2v) is 6.00. The van der Waals surface area contributed by atoms with Crippen molar-refractivity contribution in [3.8, 4) is 5.75 Å². The lowest BCUT2D eigenvalue weighted by molar-refractivity contribution is -0.119. The number of esters is 1. The van der Waals surface area contributed by atoms with Crippen LogP contribution in [-0.2, 0) is 9.53 Å². The summed E-state index contributed by atoms with van der Waals surface area (Å²) in [4.78, 5) is 23.6. The Morgan fingerprint density at radius 1 is 1.24 bits per heavy atom. The number of nitrogens with one attached hydrogen (secondary N) is 1. The Morgan fingerprint density at radius 2 is 1.96 bits per heavy atom. The molecule has 2 rings (SSSR count). The molecule has 0 aliphatic carbocycles. The van der Waals surface area contributed by atoms with Crippen molar-refractivity contribution in [2.45, 2.75) is 27.2 Å². The van der Waals surface area contributed by atoms with Crippen LogP contribution >= 0.6 is 0 Å². The fraction of sp³-hybridized carbons (Fsp3) is 0.389. The Balaban J connectivity index is 1.77. The van der Waals surface area contributed by atoms with E-state index >= 15 is 0 Å². The van der Waals surface area contributed by atoms with E-state index in [4.69, 9.17) is 14.0 Å². The molecule has 0 saturated heterocycles. The van der Waals surface area contributed by atoms with Gasteiger partial charge in [-0.05, 0) is 43.5 Å². The molecular formula is C18H22N2O5. The number of anilines is 1. The number of carbonyl (C=O) groups is 2. The second-order valence-electron chi connectivity index (χ2n) is 6.00. The van der Waals surface area contributed by atoms with Gasteiger partial charge in [0.05, 0.1) is 12.2 Å². The number of aryl methyl sites for hydroxylation is 1. The van der Waals surface area contributed by atoms with Gasteiger partial charge in [0.25, 0.3) is 5.91 Å². The highest BCUT2D eigenvalue weighted by molar-refractivity contribution is 5.95. The van der Waals surface area contributed by atoms with Gasteiger partial charge in [0.2, 0.25) is 0 Å². The van der Waals surface area contributed by atoms with E-state index in [1.54, 1.807) is 37.3 Å². The Morgan fingerprint density at radius 3 is 2.56 bits per heavy atom. The van der Waals surface area contributed by atoms with Crippen LogP contribution in [0.3, 0.4) is 0 Å². The van der Waals surface area contributed by atoms with Crippen LogP contribution in [0.5, 0.6) is 5.75 Å². The molecule has 0 aliphatic rings. The maximum absolute atomic E-state index is 11.9. The number of carbonyl (C=O) groups excluding carboxylic acids is 2. The van der Waals surface area contributed by atoms with Crippen LogP contribution < -0.4 is 10.1 Å². The van der Waals surface area contributed by atoms with Gasteiger partial charge in [0.1, 0.15) is 11.5 Å². The molecule has 7 heteroatoms. The predicted octanol–water partition coefficient (Wildman–Crippen LogP) is 3.20. The lowest BCUT2D eigenvalue weighted by Gasteiger charge is -2.09. The summed E-state index contributed by atoms with van der Waals surface area (Å²) in [5.41, 5.74) is 0.348. The zero-order valence-corrected chi connectivity index (χ0v) is 14.6. The van der Waals surface area contributed by atoms with Gasteiger partial charge >= 0.3 is 5.97 Å². The summed E-state index contributed by atoms with van der Waals surface area (Å²) in [6, 6.07) is 8.18. The maximum atomic E-state index is 11.9. The quantitative estimate of drug-likeness (QED) is 0.738. The highest BCUT2D eigenvalue weighted by Crippen LogP contribution is 2.14. The molecule has 0 radical (unpaired) electrons. The summed E-state index contributed by atoms with van der Waals surface area (Å²) in [6.07, 6.45) is 0.962. The van der Waals surface area contributed by atoms with Crippen LogP contribution in [0, 0.1) is 12.8 Å². The second kappa shape index (κ2) is 8.86. The highest BCUT2D eigenvalue weighted by Gasteiger charge is 2.12. The fourth-order valence-electron chi connectivity index (χ4n) is 1.92. The van der Waals surface area contributed by atoms with E-state index in [0.717, 1.165) is 6.42 Å². The van der Waals surface area contributed by atoms with Crippen LogP contribution in [-0.4, -0.2) is 30.2 Å². The van der Waals surface area contributed by atoms with Crippen molar-refractivity contribution in [3.63, 3.8) is 0 Å². The molecule has 0 unspecified atom stereocenters. The van der Waals surface area contributed by atoms with Crippen LogP contribution in [0.4, 0.5) is 5.82 Å². The third kappa shape index (κ3) is 6.29. The normalized spacial score (nSPS) is 10.6. The van der Waals surface area contributed by atoms with Gasteiger partial charge in [0, 0.05) is 6.07 Å². The number of ether oxygens (including phenoxy) is 2. The molecule has 1 aromatic carbocycles.